The van der Waals surface area contributed by atoms with Crippen molar-refractivity contribution in [2.24, 2.45) is 0 Å². The van der Waals surface area contributed by atoms with Crippen LogP contribution >= 0.6 is 22.9 Å². The van der Waals surface area contributed by atoms with Crippen LogP contribution in [-0.4, -0.2) is 19.0 Å². The Morgan fingerprint density at radius 1 is 0.909 bits per heavy atom. The molecule has 4 aromatic rings. The predicted octanol–water partition coefficient (Wildman–Crippen LogP) is 7.02. The molecule has 0 atom stereocenters. The number of nitrogens with one attached hydrogen (secondary N) is 1. The summed E-state index contributed by atoms with van der Waals surface area (Å²) < 4.78 is 5.01. The fourth-order valence-corrected chi connectivity index (χ4v) is 4.86. The van der Waals surface area contributed by atoms with E-state index in [1.807, 2.05) is 78.2 Å². The Morgan fingerprint density at radius 2 is 1.48 bits per heavy atom. The number of benzene rings is 3. The summed E-state index contributed by atoms with van der Waals surface area (Å²) in [4.78, 5) is 25.8. The van der Waals surface area contributed by atoms with Crippen molar-refractivity contribution in [3.8, 4) is 11.1 Å². The van der Waals surface area contributed by atoms with Crippen molar-refractivity contribution in [2.45, 2.75) is 12.3 Å². The SMILES string of the molecule is COC(=O)c1c(-c2ccc(Cl)cc2)csc1NC(=O)CC(c1ccccc1)c1ccccc1. The molecule has 0 radical (unpaired) electrons. The quantitative estimate of drug-likeness (QED) is 0.292. The first-order chi connectivity index (χ1) is 16.1. The molecule has 0 saturated heterocycles. The monoisotopic (exact) mass is 475 g/mol. The molecule has 0 spiro atoms. The molecular weight excluding hydrogens is 454 g/mol. The first kappa shape index (κ1) is 22.8. The molecule has 3 aromatic carbocycles. The molecule has 1 aromatic heterocycles. The van der Waals surface area contributed by atoms with Crippen LogP contribution in [0, 0.1) is 0 Å². The highest BCUT2D eigenvalue weighted by Crippen LogP contribution is 2.37. The van der Waals surface area contributed by atoms with Gasteiger partial charge in [0.05, 0.1) is 7.11 Å². The van der Waals surface area contributed by atoms with Gasteiger partial charge in [0.1, 0.15) is 10.6 Å². The summed E-state index contributed by atoms with van der Waals surface area (Å²) in [5.41, 5.74) is 3.97. The largest absolute Gasteiger partial charge is 0.465 e. The molecule has 4 rings (SSSR count). The van der Waals surface area contributed by atoms with E-state index in [1.165, 1.54) is 18.4 Å². The molecule has 0 saturated carbocycles. The topological polar surface area (TPSA) is 55.4 Å². The van der Waals surface area contributed by atoms with Crippen LogP contribution in [0.5, 0.6) is 0 Å². The fourth-order valence-electron chi connectivity index (χ4n) is 3.76. The summed E-state index contributed by atoms with van der Waals surface area (Å²) >= 11 is 7.31. The van der Waals surface area contributed by atoms with Crippen LogP contribution in [0.3, 0.4) is 0 Å². The third-order valence-corrected chi connectivity index (χ3v) is 6.53. The van der Waals surface area contributed by atoms with Crippen LogP contribution in [-0.2, 0) is 9.53 Å². The minimum atomic E-state index is -0.501. The number of amides is 1. The van der Waals surface area contributed by atoms with Gasteiger partial charge in [0.25, 0.3) is 0 Å². The summed E-state index contributed by atoms with van der Waals surface area (Å²) in [5, 5.41) is 5.87. The van der Waals surface area contributed by atoms with Gasteiger partial charge in [-0.15, -0.1) is 11.3 Å². The second kappa shape index (κ2) is 10.5. The molecule has 0 bridgehead atoms. The summed E-state index contributed by atoms with van der Waals surface area (Å²) in [7, 11) is 1.33. The number of carbonyl (C=O) groups excluding carboxylic acids is 2. The standard InChI is InChI=1S/C27H22ClNO3S/c1-32-27(31)25-23(20-12-14-21(28)15-13-20)17-33-26(25)29-24(30)16-22(18-8-4-2-5-9-18)19-10-6-3-7-11-19/h2-15,17,22H,16H2,1H3,(H,29,30). The van der Waals surface area contributed by atoms with Gasteiger partial charge in [-0.2, -0.15) is 0 Å². The van der Waals surface area contributed by atoms with E-state index in [2.05, 4.69) is 5.32 Å². The van der Waals surface area contributed by atoms with Crippen molar-refractivity contribution in [3.05, 3.63) is 112 Å². The Bertz CT molecular complexity index is 1200. The second-order valence-corrected chi connectivity index (χ2v) is 8.79. The normalized spacial score (nSPS) is 10.8. The number of methoxy groups -OCH3 is 1. The van der Waals surface area contributed by atoms with Crippen LogP contribution in [0.4, 0.5) is 5.00 Å². The molecule has 166 valence electrons. The van der Waals surface area contributed by atoms with Crippen molar-refractivity contribution >= 4 is 39.8 Å². The molecule has 1 amide bonds. The van der Waals surface area contributed by atoms with E-state index in [1.54, 1.807) is 12.1 Å². The number of halogens is 1. The number of carbonyl (C=O) groups is 2. The Morgan fingerprint density at radius 3 is 2.03 bits per heavy atom. The van der Waals surface area contributed by atoms with Gasteiger partial charge in [0.2, 0.25) is 5.91 Å². The molecule has 33 heavy (non-hydrogen) atoms. The van der Waals surface area contributed by atoms with Crippen LogP contribution in [0.2, 0.25) is 5.02 Å². The highest BCUT2D eigenvalue weighted by atomic mass is 35.5. The van der Waals surface area contributed by atoms with E-state index in [0.29, 0.717) is 21.2 Å². The lowest BCUT2D eigenvalue weighted by molar-refractivity contribution is -0.116. The van der Waals surface area contributed by atoms with Crippen molar-refractivity contribution < 1.29 is 14.3 Å². The minimum absolute atomic E-state index is 0.107. The predicted molar refractivity (Wildman–Crippen MR) is 134 cm³/mol. The molecule has 4 nitrogen and oxygen atoms in total. The van der Waals surface area contributed by atoms with Crippen LogP contribution in [0.15, 0.2) is 90.3 Å². The first-order valence-electron chi connectivity index (χ1n) is 10.4. The number of anilines is 1. The van der Waals surface area contributed by atoms with Crippen LogP contribution < -0.4 is 5.32 Å². The van der Waals surface area contributed by atoms with Gasteiger partial charge >= 0.3 is 5.97 Å². The maximum Gasteiger partial charge on any atom is 0.341 e. The first-order valence-corrected chi connectivity index (χ1v) is 11.7. The summed E-state index contributed by atoms with van der Waals surface area (Å²) in [6, 6.07) is 27.1. The second-order valence-electron chi connectivity index (χ2n) is 7.48. The van der Waals surface area contributed by atoms with E-state index < -0.39 is 5.97 Å². The number of hydrogen-bond donors (Lipinski definition) is 1. The third kappa shape index (κ3) is 5.33. The zero-order valence-corrected chi connectivity index (χ0v) is 19.5. The van der Waals surface area contributed by atoms with Gasteiger partial charge in [-0.05, 0) is 28.8 Å². The average molecular weight is 476 g/mol. The molecule has 0 aliphatic rings. The molecule has 0 fully saturated rings. The fraction of sp³-hybridized carbons (Fsp3) is 0.111. The van der Waals surface area contributed by atoms with Gasteiger partial charge in [0, 0.05) is 28.3 Å². The number of esters is 1. The molecule has 6 heteroatoms. The van der Waals surface area contributed by atoms with Gasteiger partial charge < -0.3 is 10.1 Å². The van der Waals surface area contributed by atoms with E-state index in [-0.39, 0.29) is 18.2 Å². The number of ether oxygens (including phenoxy) is 1. The van der Waals surface area contributed by atoms with Crippen molar-refractivity contribution in [2.75, 3.05) is 12.4 Å². The summed E-state index contributed by atoms with van der Waals surface area (Å²) in [6.07, 6.45) is 0.239. The molecule has 0 aliphatic heterocycles. The Labute approximate surface area is 201 Å². The smallest absolute Gasteiger partial charge is 0.341 e. The highest BCUT2D eigenvalue weighted by molar-refractivity contribution is 7.15. The molecular formula is C27H22ClNO3S. The van der Waals surface area contributed by atoms with Crippen molar-refractivity contribution in [1.29, 1.82) is 0 Å². The highest BCUT2D eigenvalue weighted by Gasteiger charge is 2.24. The third-order valence-electron chi connectivity index (χ3n) is 5.38. The number of hydrogen-bond acceptors (Lipinski definition) is 4. The molecule has 0 unspecified atom stereocenters. The van der Waals surface area contributed by atoms with E-state index in [4.69, 9.17) is 16.3 Å². The lowest BCUT2D eigenvalue weighted by Crippen LogP contribution is -2.17. The van der Waals surface area contributed by atoms with E-state index in [0.717, 1.165) is 16.7 Å². The Kier molecular flexibility index (Phi) is 7.23. The lowest BCUT2D eigenvalue weighted by atomic mass is 9.88. The van der Waals surface area contributed by atoms with E-state index >= 15 is 0 Å². The molecule has 0 aliphatic carbocycles. The Hall–Kier alpha value is -3.41. The Balaban J connectivity index is 1.62. The summed E-state index contributed by atoms with van der Waals surface area (Å²) in [5.74, 6) is -0.786. The van der Waals surface area contributed by atoms with Gasteiger partial charge in [-0.25, -0.2) is 4.79 Å². The number of thiophene rings is 1. The summed E-state index contributed by atoms with van der Waals surface area (Å²) in [6.45, 7) is 0. The van der Waals surface area contributed by atoms with Crippen molar-refractivity contribution in [1.82, 2.24) is 0 Å². The maximum absolute atomic E-state index is 13.1. The van der Waals surface area contributed by atoms with Crippen LogP contribution in [0.1, 0.15) is 33.8 Å². The van der Waals surface area contributed by atoms with Crippen LogP contribution in [0.25, 0.3) is 11.1 Å². The van der Waals surface area contributed by atoms with Crippen molar-refractivity contribution in [3.63, 3.8) is 0 Å². The average Bonchev–Trinajstić information content (AvgIpc) is 3.27. The van der Waals surface area contributed by atoms with Gasteiger partial charge in [-0.1, -0.05) is 84.4 Å². The zero-order chi connectivity index (χ0) is 23.2. The zero-order valence-electron chi connectivity index (χ0n) is 18.0. The van der Waals surface area contributed by atoms with Gasteiger partial charge in [0.15, 0.2) is 0 Å². The van der Waals surface area contributed by atoms with E-state index in [9.17, 15) is 9.59 Å². The van der Waals surface area contributed by atoms with Gasteiger partial charge in [-0.3, -0.25) is 4.79 Å². The molecule has 1 N–H and O–H groups in total. The number of rotatable bonds is 7. The maximum atomic E-state index is 13.1. The molecule has 1 heterocycles. The lowest BCUT2D eigenvalue weighted by Gasteiger charge is -2.18. The minimum Gasteiger partial charge on any atom is -0.465 e.